The van der Waals surface area contributed by atoms with Crippen LogP contribution < -0.4 is 15.8 Å². The Morgan fingerprint density at radius 3 is 2.83 bits per heavy atom. The van der Waals surface area contributed by atoms with E-state index in [0.29, 0.717) is 24.5 Å². The van der Waals surface area contributed by atoms with E-state index in [1.807, 2.05) is 18.2 Å². The van der Waals surface area contributed by atoms with E-state index in [0.717, 1.165) is 18.7 Å². The van der Waals surface area contributed by atoms with Gasteiger partial charge in [-0.05, 0) is 37.9 Å². The molecule has 0 amide bonds. The third-order valence-corrected chi connectivity index (χ3v) is 5.11. The molecule has 2 heterocycles. The van der Waals surface area contributed by atoms with Crippen molar-refractivity contribution in [2.24, 2.45) is 16.6 Å². The van der Waals surface area contributed by atoms with Gasteiger partial charge in [0.25, 0.3) is 0 Å². The van der Waals surface area contributed by atoms with E-state index in [2.05, 4.69) is 35.1 Å². The number of nitrogens with zero attached hydrogens (tertiary/aromatic N) is 2. The number of hydrogen-bond donors (Lipinski definition) is 2. The van der Waals surface area contributed by atoms with Crippen LogP contribution in [0.1, 0.15) is 44.7 Å². The Labute approximate surface area is 145 Å². The summed E-state index contributed by atoms with van der Waals surface area (Å²) in [4.78, 5) is 7.22. The topological polar surface area (TPSA) is 62.9 Å². The maximum absolute atomic E-state index is 6.19. The van der Waals surface area contributed by atoms with Crippen molar-refractivity contribution in [2.75, 3.05) is 26.2 Å². The standard InChI is InChI=1S/C19H30N4O/c1-14(2)17(23-10-5-6-11-23)13-21-19(20)22-16-9-12-24-18-8-4-3-7-15(16)18/h3-4,7-8,14,16-17H,5-6,9-13H2,1-2H3,(H3,20,21,22). The Balaban J connectivity index is 1.62. The minimum absolute atomic E-state index is 0.183. The lowest BCUT2D eigenvalue weighted by Gasteiger charge is -2.30. The second-order valence-electron chi connectivity index (χ2n) is 7.15. The van der Waals surface area contributed by atoms with E-state index < -0.39 is 0 Å². The molecule has 2 unspecified atom stereocenters. The van der Waals surface area contributed by atoms with Gasteiger partial charge in [0.1, 0.15) is 5.75 Å². The number of para-hydroxylation sites is 1. The van der Waals surface area contributed by atoms with E-state index >= 15 is 0 Å². The van der Waals surface area contributed by atoms with Gasteiger partial charge < -0.3 is 15.8 Å². The molecule has 0 saturated carbocycles. The zero-order chi connectivity index (χ0) is 16.9. The minimum atomic E-state index is 0.183. The maximum atomic E-state index is 6.19. The summed E-state index contributed by atoms with van der Waals surface area (Å²) in [5.74, 6) is 2.08. The Morgan fingerprint density at radius 2 is 2.08 bits per heavy atom. The highest BCUT2D eigenvalue weighted by molar-refractivity contribution is 5.78. The smallest absolute Gasteiger partial charge is 0.189 e. The van der Waals surface area contributed by atoms with Crippen molar-refractivity contribution in [3.63, 3.8) is 0 Å². The Bertz CT molecular complexity index is 566. The van der Waals surface area contributed by atoms with E-state index in [9.17, 15) is 0 Å². The van der Waals surface area contributed by atoms with Crippen molar-refractivity contribution in [2.45, 2.75) is 45.2 Å². The summed E-state index contributed by atoms with van der Waals surface area (Å²) in [6.45, 7) is 8.41. The third kappa shape index (κ3) is 4.01. The molecular formula is C19H30N4O. The highest BCUT2D eigenvalue weighted by Gasteiger charge is 2.25. The quantitative estimate of drug-likeness (QED) is 0.643. The van der Waals surface area contributed by atoms with Gasteiger partial charge >= 0.3 is 0 Å². The van der Waals surface area contributed by atoms with Gasteiger partial charge in [-0.1, -0.05) is 32.0 Å². The van der Waals surface area contributed by atoms with Crippen molar-refractivity contribution in [3.8, 4) is 5.75 Å². The average Bonchev–Trinajstić information content (AvgIpc) is 3.09. The molecular weight excluding hydrogens is 300 g/mol. The monoisotopic (exact) mass is 330 g/mol. The summed E-state index contributed by atoms with van der Waals surface area (Å²) in [6.07, 6.45) is 3.52. The highest BCUT2D eigenvalue weighted by Crippen LogP contribution is 2.31. The summed E-state index contributed by atoms with van der Waals surface area (Å²) in [5.41, 5.74) is 7.36. The van der Waals surface area contributed by atoms with Gasteiger partial charge in [-0.2, -0.15) is 0 Å². The summed E-state index contributed by atoms with van der Waals surface area (Å²) < 4.78 is 5.71. The Morgan fingerprint density at radius 1 is 1.33 bits per heavy atom. The second kappa shape index (κ2) is 7.88. The van der Waals surface area contributed by atoms with Crippen LogP contribution in [0.3, 0.4) is 0 Å². The van der Waals surface area contributed by atoms with Crippen LogP contribution in [0.25, 0.3) is 0 Å². The summed E-state index contributed by atoms with van der Waals surface area (Å²) in [6, 6.07) is 8.82. The fraction of sp³-hybridized carbons (Fsp3) is 0.632. The zero-order valence-electron chi connectivity index (χ0n) is 14.9. The summed E-state index contributed by atoms with van der Waals surface area (Å²) in [5, 5.41) is 3.39. The number of rotatable bonds is 5. The van der Waals surface area contributed by atoms with Crippen LogP contribution in [0.15, 0.2) is 29.3 Å². The first kappa shape index (κ1) is 17.1. The van der Waals surface area contributed by atoms with E-state index in [1.54, 1.807) is 0 Å². The van der Waals surface area contributed by atoms with Crippen molar-refractivity contribution < 1.29 is 4.74 Å². The van der Waals surface area contributed by atoms with Crippen LogP contribution in [0, 0.1) is 5.92 Å². The largest absolute Gasteiger partial charge is 0.493 e. The average molecular weight is 330 g/mol. The molecule has 0 aliphatic carbocycles. The molecule has 2 aliphatic rings. The van der Waals surface area contributed by atoms with Crippen molar-refractivity contribution in [1.82, 2.24) is 10.2 Å². The zero-order valence-corrected chi connectivity index (χ0v) is 14.9. The number of fused-ring (bicyclic) bond motifs is 1. The molecule has 5 heteroatoms. The molecule has 1 fully saturated rings. The Kier molecular flexibility index (Phi) is 5.61. The fourth-order valence-electron chi connectivity index (χ4n) is 3.73. The number of hydrogen-bond acceptors (Lipinski definition) is 3. The molecule has 1 saturated heterocycles. The number of guanidine groups is 1. The molecule has 1 aromatic rings. The summed E-state index contributed by atoms with van der Waals surface area (Å²) >= 11 is 0. The molecule has 2 aliphatic heterocycles. The number of nitrogens with one attached hydrogen (secondary N) is 1. The Hall–Kier alpha value is -1.75. The highest BCUT2D eigenvalue weighted by atomic mass is 16.5. The van der Waals surface area contributed by atoms with Gasteiger partial charge in [-0.25, -0.2) is 0 Å². The lowest BCUT2D eigenvalue weighted by molar-refractivity contribution is 0.197. The summed E-state index contributed by atoms with van der Waals surface area (Å²) in [7, 11) is 0. The van der Waals surface area contributed by atoms with E-state index in [-0.39, 0.29) is 6.04 Å². The molecule has 132 valence electrons. The van der Waals surface area contributed by atoms with Gasteiger partial charge in [0.15, 0.2) is 5.96 Å². The number of likely N-dealkylation sites (tertiary alicyclic amines) is 1. The third-order valence-electron chi connectivity index (χ3n) is 5.11. The molecule has 2 atom stereocenters. The number of ether oxygens (including phenoxy) is 1. The van der Waals surface area contributed by atoms with Crippen LogP contribution in [0.4, 0.5) is 0 Å². The minimum Gasteiger partial charge on any atom is -0.493 e. The predicted octanol–water partition coefficient (Wildman–Crippen LogP) is 2.53. The molecule has 0 radical (unpaired) electrons. The lowest BCUT2D eigenvalue weighted by Crippen LogP contribution is -2.42. The molecule has 3 rings (SSSR count). The van der Waals surface area contributed by atoms with Crippen molar-refractivity contribution >= 4 is 5.96 Å². The van der Waals surface area contributed by atoms with Crippen LogP contribution in [-0.4, -0.2) is 43.1 Å². The number of nitrogens with two attached hydrogens (primary N) is 1. The maximum Gasteiger partial charge on any atom is 0.189 e. The normalized spacial score (nSPS) is 23.0. The molecule has 0 spiro atoms. The van der Waals surface area contributed by atoms with Crippen LogP contribution >= 0.6 is 0 Å². The lowest BCUT2D eigenvalue weighted by atomic mass is 10.0. The molecule has 3 N–H and O–H groups in total. The number of benzene rings is 1. The van der Waals surface area contributed by atoms with E-state index in [1.165, 1.54) is 31.5 Å². The van der Waals surface area contributed by atoms with Crippen LogP contribution in [0.2, 0.25) is 0 Å². The van der Waals surface area contributed by atoms with Crippen molar-refractivity contribution in [1.29, 1.82) is 0 Å². The first-order valence-corrected chi connectivity index (χ1v) is 9.17. The molecule has 24 heavy (non-hydrogen) atoms. The molecule has 5 nitrogen and oxygen atoms in total. The first-order valence-electron chi connectivity index (χ1n) is 9.17. The van der Waals surface area contributed by atoms with E-state index in [4.69, 9.17) is 10.5 Å². The van der Waals surface area contributed by atoms with Gasteiger partial charge in [-0.3, -0.25) is 9.89 Å². The molecule has 0 bridgehead atoms. The van der Waals surface area contributed by atoms with Gasteiger partial charge in [0.2, 0.25) is 0 Å². The second-order valence-corrected chi connectivity index (χ2v) is 7.15. The molecule has 0 aromatic heterocycles. The van der Waals surface area contributed by atoms with Crippen molar-refractivity contribution in [3.05, 3.63) is 29.8 Å². The fourth-order valence-corrected chi connectivity index (χ4v) is 3.73. The predicted molar refractivity (Wildman–Crippen MR) is 98.4 cm³/mol. The van der Waals surface area contributed by atoms with Crippen LogP contribution in [0.5, 0.6) is 5.75 Å². The van der Waals surface area contributed by atoms with Gasteiger partial charge in [0, 0.05) is 18.0 Å². The van der Waals surface area contributed by atoms with Gasteiger partial charge in [-0.15, -0.1) is 0 Å². The first-order chi connectivity index (χ1) is 11.6. The van der Waals surface area contributed by atoms with Crippen LogP contribution in [-0.2, 0) is 0 Å². The molecule has 1 aromatic carbocycles. The number of aliphatic imine (C=N–C) groups is 1. The SMILES string of the molecule is CC(C)C(CN=C(N)NC1CCOc2ccccc21)N1CCCC1. The van der Waals surface area contributed by atoms with Gasteiger partial charge in [0.05, 0.1) is 19.2 Å².